The molecule has 0 aliphatic carbocycles. The van der Waals surface area contributed by atoms with Crippen molar-refractivity contribution in [1.29, 1.82) is 0 Å². The minimum absolute atomic E-state index is 0.0631. The highest BCUT2D eigenvalue weighted by atomic mass is 79.9. The average molecular weight is 276 g/mol. The lowest BCUT2D eigenvalue weighted by Crippen LogP contribution is -2.06. The van der Waals surface area contributed by atoms with Crippen LogP contribution in [0, 0.1) is 17.7 Å². The second-order valence-electron chi connectivity index (χ2n) is 2.36. The van der Waals surface area contributed by atoms with Gasteiger partial charge in [0.2, 0.25) is 0 Å². The van der Waals surface area contributed by atoms with Crippen molar-refractivity contribution in [3.8, 4) is 11.8 Å². The number of primary amides is 1. The topological polar surface area (TPSA) is 43.1 Å². The van der Waals surface area contributed by atoms with Crippen LogP contribution in [0.5, 0.6) is 0 Å². The molecule has 0 spiro atoms. The Morgan fingerprint density at radius 3 is 2.71 bits per heavy atom. The molecule has 1 amide bonds. The average Bonchev–Trinajstić information content (AvgIpc) is 2.01. The van der Waals surface area contributed by atoms with Crippen molar-refractivity contribution in [3.63, 3.8) is 0 Å². The van der Waals surface area contributed by atoms with Gasteiger partial charge in [0.1, 0.15) is 5.82 Å². The summed E-state index contributed by atoms with van der Waals surface area (Å²) in [5, 5.41) is 0.249. The standard InChI is InChI=1S/C9H4BrClFNO/c10-7-3-5(11)4-8(12)6(7)1-2-9(13)14/h3-4H,(H2,13,14). The maximum absolute atomic E-state index is 13.2. The van der Waals surface area contributed by atoms with Crippen molar-refractivity contribution in [2.45, 2.75) is 0 Å². The van der Waals surface area contributed by atoms with Gasteiger partial charge >= 0.3 is 0 Å². The molecule has 1 aromatic rings. The van der Waals surface area contributed by atoms with Crippen LogP contribution in [0.1, 0.15) is 5.56 Å². The number of carbonyl (C=O) groups is 1. The van der Waals surface area contributed by atoms with E-state index in [2.05, 4.69) is 21.9 Å². The van der Waals surface area contributed by atoms with E-state index in [1.165, 1.54) is 6.07 Å². The first-order valence-corrected chi connectivity index (χ1v) is 4.64. The van der Waals surface area contributed by atoms with Gasteiger partial charge in [0.15, 0.2) is 0 Å². The van der Waals surface area contributed by atoms with E-state index in [1.807, 2.05) is 5.92 Å². The van der Waals surface area contributed by atoms with Crippen molar-refractivity contribution >= 4 is 33.4 Å². The number of rotatable bonds is 0. The Hall–Kier alpha value is -1.05. The SMILES string of the molecule is NC(=O)C#Cc1c(F)cc(Cl)cc1Br. The molecule has 72 valence electrons. The molecule has 2 nitrogen and oxygen atoms in total. The number of nitrogens with two attached hydrogens (primary N) is 1. The highest BCUT2D eigenvalue weighted by Gasteiger charge is 2.05. The number of benzene rings is 1. The molecule has 1 aromatic carbocycles. The summed E-state index contributed by atoms with van der Waals surface area (Å²) in [5.74, 6) is 2.93. The van der Waals surface area contributed by atoms with E-state index in [1.54, 1.807) is 0 Å². The van der Waals surface area contributed by atoms with Gasteiger partial charge in [-0.3, -0.25) is 4.79 Å². The largest absolute Gasteiger partial charge is 0.359 e. The molecule has 0 saturated carbocycles. The lowest BCUT2D eigenvalue weighted by molar-refractivity contribution is -0.112. The summed E-state index contributed by atoms with van der Waals surface area (Å²) < 4.78 is 13.6. The highest BCUT2D eigenvalue weighted by Crippen LogP contribution is 2.23. The molecule has 0 aliphatic heterocycles. The number of hydrogen-bond acceptors (Lipinski definition) is 1. The van der Waals surface area contributed by atoms with E-state index in [-0.39, 0.29) is 10.6 Å². The summed E-state index contributed by atoms with van der Waals surface area (Å²) >= 11 is 8.64. The molecule has 5 heteroatoms. The zero-order valence-corrected chi connectivity index (χ0v) is 9.12. The molecule has 0 atom stereocenters. The Morgan fingerprint density at radius 2 is 2.21 bits per heavy atom. The molecule has 0 heterocycles. The molecule has 2 N–H and O–H groups in total. The fourth-order valence-electron chi connectivity index (χ4n) is 0.786. The fraction of sp³-hybridized carbons (Fsp3) is 0. The zero-order valence-electron chi connectivity index (χ0n) is 6.77. The summed E-state index contributed by atoms with van der Waals surface area (Å²) in [6.45, 7) is 0. The Balaban J connectivity index is 3.24. The molecule has 0 bridgehead atoms. The molecule has 0 aliphatic rings. The van der Waals surface area contributed by atoms with Gasteiger partial charge in [-0.1, -0.05) is 17.5 Å². The molecule has 14 heavy (non-hydrogen) atoms. The van der Waals surface area contributed by atoms with Crippen molar-refractivity contribution in [2.24, 2.45) is 5.73 Å². The van der Waals surface area contributed by atoms with Gasteiger partial charge in [0, 0.05) is 15.4 Å². The Labute approximate surface area is 93.4 Å². The first kappa shape index (κ1) is 11.0. The Morgan fingerprint density at radius 1 is 1.57 bits per heavy atom. The second-order valence-corrected chi connectivity index (χ2v) is 3.65. The minimum atomic E-state index is -0.814. The molecule has 0 unspecified atom stereocenters. The van der Waals surface area contributed by atoms with Gasteiger partial charge < -0.3 is 5.73 Å². The molecule has 0 radical (unpaired) electrons. The van der Waals surface area contributed by atoms with Crippen molar-refractivity contribution in [3.05, 3.63) is 33.0 Å². The minimum Gasteiger partial charge on any atom is -0.359 e. The van der Waals surface area contributed by atoms with E-state index in [9.17, 15) is 9.18 Å². The van der Waals surface area contributed by atoms with Gasteiger partial charge in [-0.05, 0) is 28.1 Å². The van der Waals surface area contributed by atoms with E-state index < -0.39 is 11.7 Å². The predicted molar refractivity (Wildman–Crippen MR) is 55.2 cm³/mol. The first-order valence-electron chi connectivity index (χ1n) is 3.46. The van der Waals surface area contributed by atoms with Crippen molar-refractivity contribution in [1.82, 2.24) is 0 Å². The number of carbonyl (C=O) groups excluding carboxylic acids is 1. The zero-order chi connectivity index (χ0) is 10.7. The van der Waals surface area contributed by atoms with Crippen LogP contribution in [0.4, 0.5) is 4.39 Å². The van der Waals surface area contributed by atoms with Crippen LogP contribution in [0.3, 0.4) is 0 Å². The van der Waals surface area contributed by atoms with Gasteiger partial charge in [-0.15, -0.1) is 0 Å². The predicted octanol–water partition coefficient (Wildman–Crippen LogP) is 2.08. The van der Waals surface area contributed by atoms with E-state index in [0.29, 0.717) is 4.47 Å². The van der Waals surface area contributed by atoms with Crippen LogP contribution in [-0.4, -0.2) is 5.91 Å². The Bertz CT molecular complexity index is 427. The van der Waals surface area contributed by atoms with E-state index in [0.717, 1.165) is 6.07 Å². The smallest absolute Gasteiger partial charge is 0.293 e. The maximum atomic E-state index is 13.2. The van der Waals surface area contributed by atoms with Crippen LogP contribution >= 0.6 is 27.5 Å². The summed E-state index contributed by atoms with van der Waals surface area (Å²) in [7, 11) is 0. The van der Waals surface area contributed by atoms with Gasteiger partial charge in [0.05, 0.1) is 5.56 Å². The lowest BCUT2D eigenvalue weighted by Gasteiger charge is -1.98. The monoisotopic (exact) mass is 275 g/mol. The third kappa shape index (κ3) is 2.72. The van der Waals surface area contributed by atoms with Crippen molar-refractivity contribution < 1.29 is 9.18 Å². The Kier molecular flexibility index (Phi) is 3.50. The third-order valence-corrected chi connectivity index (χ3v) is 2.16. The first-order chi connectivity index (χ1) is 6.50. The summed E-state index contributed by atoms with van der Waals surface area (Å²) in [6, 6.07) is 2.59. The van der Waals surface area contributed by atoms with E-state index in [4.69, 9.17) is 17.3 Å². The summed E-state index contributed by atoms with van der Waals surface area (Å²) in [4.78, 5) is 10.3. The van der Waals surface area contributed by atoms with Crippen LogP contribution in [0.25, 0.3) is 0 Å². The van der Waals surface area contributed by atoms with Crippen molar-refractivity contribution in [2.75, 3.05) is 0 Å². The van der Waals surface area contributed by atoms with Crippen LogP contribution < -0.4 is 5.73 Å². The number of hydrogen-bond donors (Lipinski definition) is 1. The maximum Gasteiger partial charge on any atom is 0.293 e. The summed E-state index contributed by atoms with van der Waals surface area (Å²) in [6.07, 6.45) is 0. The molecule has 0 fully saturated rings. The van der Waals surface area contributed by atoms with Gasteiger partial charge in [-0.2, -0.15) is 0 Å². The molecule has 0 saturated heterocycles. The quantitative estimate of drug-likeness (QED) is 0.724. The third-order valence-electron chi connectivity index (χ3n) is 1.32. The second kappa shape index (κ2) is 4.45. The normalized spacial score (nSPS) is 9.07. The van der Waals surface area contributed by atoms with Crippen LogP contribution in [0.2, 0.25) is 5.02 Å². The van der Waals surface area contributed by atoms with Gasteiger partial charge in [0.25, 0.3) is 5.91 Å². The molecular formula is C9H4BrClFNO. The number of halogens is 3. The van der Waals surface area contributed by atoms with Crippen LogP contribution in [0.15, 0.2) is 16.6 Å². The fourth-order valence-corrected chi connectivity index (χ4v) is 1.66. The lowest BCUT2D eigenvalue weighted by atomic mass is 10.2. The van der Waals surface area contributed by atoms with Crippen LogP contribution in [-0.2, 0) is 4.79 Å². The molecule has 1 rings (SSSR count). The van der Waals surface area contributed by atoms with Gasteiger partial charge in [-0.25, -0.2) is 4.39 Å². The van der Waals surface area contributed by atoms with E-state index >= 15 is 0 Å². The molecule has 0 aromatic heterocycles. The highest BCUT2D eigenvalue weighted by molar-refractivity contribution is 9.10. The summed E-state index contributed by atoms with van der Waals surface area (Å²) in [5.41, 5.74) is 4.86. The number of amides is 1. The molecular weight excluding hydrogens is 272 g/mol.